The first-order valence-electron chi connectivity index (χ1n) is 5.68. The number of rotatable bonds is 1. The van der Waals surface area contributed by atoms with Crippen molar-refractivity contribution in [3.05, 3.63) is 35.9 Å². The SMILES string of the molecule is C[C@@H]1SCCOC(=O)C[C@@]1(O)c1ccccc1. The Morgan fingerprint density at radius 3 is 2.82 bits per heavy atom. The zero-order valence-corrected chi connectivity index (χ0v) is 10.6. The van der Waals surface area contributed by atoms with Crippen molar-refractivity contribution in [1.82, 2.24) is 0 Å². The summed E-state index contributed by atoms with van der Waals surface area (Å²) in [6, 6.07) is 9.34. The maximum Gasteiger partial charge on any atom is 0.309 e. The van der Waals surface area contributed by atoms with Gasteiger partial charge in [0.05, 0.1) is 6.42 Å². The smallest absolute Gasteiger partial charge is 0.309 e. The Kier molecular flexibility index (Phi) is 3.74. The van der Waals surface area contributed by atoms with Gasteiger partial charge in [-0.1, -0.05) is 37.3 Å². The number of benzene rings is 1. The fourth-order valence-electron chi connectivity index (χ4n) is 2.00. The standard InChI is InChI=1S/C13H16O3S/c1-10-13(15,11-5-3-2-4-6-11)9-12(14)16-7-8-17-10/h2-6,10,15H,7-9H2,1H3/t10-,13-/m0/s1. The van der Waals surface area contributed by atoms with Crippen LogP contribution in [0.15, 0.2) is 30.3 Å². The summed E-state index contributed by atoms with van der Waals surface area (Å²) in [5.74, 6) is 0.394. The van der Waals surface area contributed by atoms with Gasteiger partial charge in [-0.25, -0.2) is 0 Å². The lowest BCUT2D eigenvalue weighted by molar-refractivity contribution is -0.149. The van der Waals surface area contributed by atoms with Gasteiger partial charge in [0, 0.05) is 11.0 Å². The van der Waals surface area contributed by atoms with Crippen molar-refractivity contribution in [2.24, 2.45) is 0 Å². The van der Waals surface area contributed by atoms with Crippen molar-refractivity contribution in [2.45, 2.75) is 24.2 Å². The van der Waals surface area contributed by atoms with E-state index >= 15 is 0 Å². The van der Waals surface area contributed by atoms with Crippen molar-refractivity contribution in [3.8, 4) is 0 Å². The van der Waals surface area contributed by atoms with Crippen molar-refractivity contribution >= 4 is 17.7 Å². The van der Waals surface area contributed by atoms with Crippen LogP contribution < -0.4 is 0 Å². The fourth-order valence-corrected chi connectivity index (χ4v) is 3.02. The Balaban J connectivity index is 2.33. The van der Waals surface area contributed by atoms with Gasteiger partial charge in [-0.2, -0.15) is 11.8 Å². The van der Waals surface area contributed by atoms with Gasteiger partial charge >= 0.3 is 5.97 Å². The normalized spacial score (nSPS) is 30.2. The average molecular weight is 252 g/mol. The summed E-state index contributed by atoms with van der Waals surface area (Å²) in [6.07, 6.45) is 0.0190. The van der Waals surface area contributed by atoms with Crippen LogP contribution in [-0.2, 0) is 15.1 Å². The molecule has 0 aliphatic carbocycles. The highest BCUT2D eigenvalue weighted by Crippen LogP contribution is 2.37. The van der Waals surface area contributed by atoms with Gasteiger partial charge in [-0.05, 0) is 5.56 Å². The first-order valence-corrected chi connectivity index (χ1v) is 6.73. The van der Waals surface area contributed by atoms with Crippen LogP contribution in [0.2, 0.25) is 0 Å². The zero-order valence-electron chi connectivity index (χ0n) is 9.76. The Morgan fingerprint density at radius 2 is 2.12 bits per heavy atom. The van der Waals surface area contributed by atoms with E-state index in [1.807, 2.05) is 37.3 Å². The third-order valence-corrected chi connectivity index (χ3v) is 4.37. The Hall–Kier alpha value is -1.00. The number of hydrogen-bond donors (Lipinski definition) is 1. The lowest BCUT2D eigenvalue weighted by Gasteiger charge is -2.35. The van der Waals surface area contributed by atoms with E-state index in [0.29, 0.717) is 6.61 Å². The minimum absolute atomic E-state index is 0.0190. The van der Waals surface area contributed by atoms with Crippen molar-refractivity contribution in [2.75, 3.05) is 12.4 Å². The Morgan fingerprint density at radius 1 is 1.41 bits per heavy atom. The molecule has 0 amide bonds. The molecule has 0 radical (unpaired) electrons. The molecule has 1 N–H and O–H groups in total. The number of thioether (sulfide) groups is 1. The maximum absolute atomic E-state index is 11.6. The van der Waals surface area contributed by atoms with E-state index in [9.17, 15) is 9.90 Å². The molecule has 1 saturated heterocycles. The lowest BCUT2D eigenvalue weighted by atomic mass is 9.87. The summed E-state index contributed by atoms with van der Waals surface area (Å²) >= 11 is 1.63. The molecule has 0 unspecified atom stereocenters. The molecule has 4 heteroatoms. The number of hydrogen-bond acceptors (Lipinski definition) is 4. The molecular weight excluding hydrogens is 236 g/mol. The molecule has 2 atom stereocenters. The summed E-state index contributed by atoms with van der Waals surface area (Å²) < 4.78 is 5.03. The van der Waals surface area contributed by atoms with Crippen molar-refractivity contribution in [3.63, 3.8) is 0 Å². The number of aliphatic hydroxyl groups is 1. The molecule has 1 aromatic carbocycles. The van der Waals surface area contributed by atoms with Gasteiger partial charge in [0.1, 0.15) is 12.2 Å². The largest absolute Gasteiger partial charge is 0.465 e. The quantitative estimate of drug-likeness (QED) is 0.776. The number of carbonyl (C=O) groups excluding carboxylic acids is 1. The van der Waals surface area contributed by atoms with E-state index in [4.69, 9.17) is 4.74 Å². The average Bonchev–Trinajstić information content (AvgIpc) is 2.34. The highest BCUT2D eigenvalue weighted by atomic mass is 32.2. The van der Waals surface area contributed by atoms with Crippen molar-refractivity contribution in [1.29, 1.82) is 0 Å². The van der Waals surface area contributed by atoms with Crippen LogP contribution >= 0.6 is 11.8 Å². The Labute approximate surface area is 105 Å². The second-order valence-electron chi connectivity index (χ2n) is 4.20. The molecular formula is C13H16O3S. The Bertz CT molecular complexity index is 393. The molecule has 2 rings (SSSR count). The molecule has 92 valence electrons. The van der Waals surface area contributed by atoms with E-state index in [0.717, 1.165) is 11.3 Å². The van der Waals surface area contributed by atoms with Crippen molar-refractivity contribution < 1.29 is 14.6 Å². The van der Waals surface area contributed by atoms with Crippen LogP contribution in [0.5, 0.6) is 0 Å². The molecule has 1 aliphatic heterocycles. The highest BCUT2D eigenvalue weighted by Gasteiger charge is 2.39. The van der Waals surface area contributed by atoms with Crippen LogP contribution in [0.4, 0.5) is 0 Å². The van der Waals surface area contributed by atoms with Crippen LogP contribution in [0.3, 0.4) is 0 Å². The molecule has 1 aromatic rings. The molecule has 0 bridgehead atoms. The molecule has 1 heterocycles. The first kappa shape index (κ1) is 12.5. The van der Waals surface area contributed by atoms with E-state index < -0.39 is 5.60 Å². The molecule has 1 aliphatic rings. The summed E-state index contributed by atoms with van der Waals surface area (Å²) in [6.45, 7) is 2.38. The fraction of sp³-hybridized carbons (Fsp3) is 0.462. The van der Waals surface area contributed by atoms with Crippen LogP contribution in [0.25, 0.3) is 0 Å². The number of carbonyl (C=O) groups is 1. The molecule has 3 nitrogen and oxygen atoms in total. The summed E-state index contributed by atoms with van der Waals surface area (Å²) in [5.41, 5.74) is -0.359. The van der Waals surface area contributed by atoms with Gasteiger partial charge in [-0.15, -0.1) is 0 Å². The number of esters is 1. The van der Waals surface area contributed by atoms with Gasteiger partial charge in [-0.3, -0.25) is 4.79 Å². The monoisotopic (exact) mass is 252 g/mol. The van der Waals surface area contributed by atoms with E-state index in [1.165, 1.54) is 0 Å². The molecule has 17 heavy (non-hydrogen) atoms. The number of cyclic esters (lactones) is 1. The summed E-state index contributed by atoms with van der Waals surface area (Å²) in [4.78, 5) is 11.6. The first-order chi connectivity index (χ1) is 8.13. The third-order valence-electron chi connectivity index (χ3n) is 3.07. The molecule has 0 aromatic heterocycles. The molecule has 0 saturated carbocycles. The minimum atomic E-state index is -1.14. The molecule has 1 fully saturated rings. The number of ether oxygens (including phenoxy) is 1. The molecule has 0 spiro atoms. The summed E-state index contributed by atoms with van der Waals surface area (Å²) in [5, 5.41) is 10.7. The second kappa shape index (κ2) is 5.10. The van der Waals surface area contributed by atoms with Gasteiger partial charge in [0.15, 0.2) is 0 Å². The predicted octanol–water partition coefficient (Wildman–Crippen LogP) is 1.94. The van der Waals surface area contributed by atoms with Crippen LogP contribution in [0, 0.1) is 0 Å². The minimum Gasteiger partial charge on any atom is -0.465 e. The van der Waals surface area contributed by atoms with E-state index in [1.54, 1.807) is 11.8 Å². The maximum atomic E-state index is 11.6. The topological polar surface area (TPSA) is 46.5 Å². The highest BCUT2D eigenvalue weighted by molar-refractivity contribution is 7.99. The predicted molar refractivity (Wildman–Crippen MR) is 67.8 cm³/mol. The van der Waals surface area contributed by atoms with E-state index in [-0.39, 0.29) is 17.6 Å². The second-order valence-corrected chi connectivity index (χ2v) is 5.65. The lowest BCUT2D eigenvalue weighted by Crippen LogP contribution is -2.40. The zero-order chi connectivity index (χ0) is 12.3. The van der Waals surface area contributed by atoms with E-state index in [2.05, 4.69) is 0 Å². The van der Waals surface area contributed by atoms with Gasteiger partial charge in [0.2, 0.25) is 0 Å². The third kappa shape index (κ3) is 2.64. The van der Waals surface area contributed by atoms with Crippen LogP contribution in [0.1, 0.15) is 18.9 Å². The summed E-state index contributed by atoms with van der Waals surface area (Å²) in [7, 11) is 0. The van der Waals surface area contributed by atoms with Gasteiger partial charge in [0.25, 0.3) is 0 Å². The van der Waals surface area contributed by atoms with Gasteiger partial charge < -0.3 is 9.84 Å². The van der Waals surface area contributed by atoms with Crippen LogP contribution in [-0.4, -0.2) is 28.7 Å².